The Morgan fingerprint density at radius 1 is 1.52 bits per heavy atom. The molecule has 5 nitrogen and oxygen atoms in total. The molecule has 1 aliphatic heterocycles. The summed E-state index contributed by atoms with van der Waals surface area (Å²) in [6, 6.07) is 4.18. The second-order valence-electron chi connectivity index (χ2n) is 5.13. The average molecular weight is 336 g/mol. The first-order chi connectivity index (χ1) is 9.84. The van der Waals surface area contributed by atoms with Crippen LogP contribution in [0.25, 0.3) is 0 Å². The summed E-state index contributed by atoms with van der Waals surface area (Å²) in [6.07, 6.45) is 0. The number of halogens is 2. The first kappa shape index (κ1) is 16.6. The molecule has 0 radical (unpaired) electrons. The van der Waals surface area contributed by atoms with Crippen LogP contribution in [0.15, 0.2) is 18.2 Å². The van der Waals surface area contributed by atoms with Crippen LogP contribution < -0.4 is 5.32 Å². The summed E-state index contributed by atoms with van der Waals surface area (Å²) in [4.78, 5) is 0. The van der Waals surface area contributed by atoms with E-state index >= 15 is 0 Å². The van der Waals surface area contributed by atoms with Crippen molar-refractivity contribution in [3.8, 4) is 0 Å². The van der Waals surface area contributed by atoms with Gasteiger partial charge in [-0.3, -0.25) is 0 Å². The molecule has 0 unspecified atom stereocenters. The van der Waals surface area contributed by atoms with Crippen molar-refractivity contribution in [3.05, 3.63) is 34.6 Å². The van der Waals surface area contributed by atoms with Crippen molar-refractivity contribution in [3.63, 3.8) is 0 Å². The second kappa shape index (κ2) is 6.58. The molecule has 8 heteroatoms. The molecule has 0 saturated carbocycles. The van der Waals surface area contributed by atoms with Gasteiger partial charge in [0.05, 0.1) is 0 Å². The second-order valence-corrected chi connectivity index (χ2v) is 7.52. The molecular weight excluding hydrogens is 317 g/mol. The van der Waals surface area contributed by atoms with Gasteiger partial charge in [0.1, 0.15) is 5.82 Å². The minimum atomic E-state index is -3.64. The average Bonchev–Trinajstić information content (AvgIpc) is 2.43. The lowest BCUT2D eigenvalue weighted by molar-refractivity contribution is 0.262. The SMILES string of the molecule is C[C@@H]1CNCCN1S(=O)(=O)N(C)Cc1c(F)cccc1Cl. The molecule has 21 heavy (non-hydrogen) atoms. The fourth-order valence-electron chi connectivity index (χ4n) is 2.33. The number of piperazine rings is 1. The van der Waals surface area contributed by atoms with Crippen LogP contribution >= 0.6 is 11.6 Å². The molecule has 1 aromatic carbocycles. The summed E-state index contributed by atoms with van der Waals surface area (Å²) in [5.74, 6) is -0.502. The third kappa shape index (κ3) is 3.54. The zero-order chi connectivity index (χ0) is 15.6. The number of nitrogens with one attached hydrogen (secondary N) is 1. The van der Waals surface area contributed by atoms with Crippen LogP contribution in [0.3, 0.4) is 0 Å². The highest BCUT2D eigenvalue weighted by Gasteiger charge is 2.33. The fraction of sp³-hybridized carbons (Fsp3) is 0.538. The summed E-state index contributed by atoms with van der Waals surface area (Å²) >= 11 is 5.95. The molecule has 1 heterocycles. The van der Waals surface area contributed by atoms with Crippen LogP contribution in [0.5, 0.6) is 0 Å². The highest BCUT2D eigenvalue weighted by molar-refractivity contribution is 7.86. The molecule has 1 saturated heterocycles. The predicted molar refractivity (Wildman–Crippen MR) is 80.8 cm³/mol. The lowest BCUT2D eigenvalue weighted by Crippen LogP contribution is -2.55. The maximum atomic E-state index is 13.8. The lowest BCUT2D eigenvalue weighted by Gasteiger charge is -2.35. The maximum Gasteiger partial charge on any atom is 0.282 e. The van der Waals surface area contributed by atoms with Crippen LogP contribution in [0.2, 0.25) is 5.02 Å². The van der Waals surface area contributed by atoms with Crippen LogP contribution in [-0.2, 0) is 16.8 Å². The van der Waals surface area contributed by atoms with E-state index in [0.29, 0.717) is 19.6 Å². The molecule has 118 valence electrons. The molecule has 0 aromatic heterocycles. The van der Waals surface area contributed by atoms with Crippen LogP contribution in [-0.4, -0.2) is 49.8 Å². The zero-order valence-corrected chi connectivity index (χ0v) is 13.6. The van der Waals surface area contributed by atoms with E-state index in [4.69, 9.17) is 11.6 Å². The van der Waals surface area contributed by atoms with Gasteiger partial charge in [0.15, 0.2) is 0 Å². The lowest BCUT2D eigenvalue weighted by atomic mass is 10.2. The highest BCUT2D eigenvalue weighted by Crippen LogP contribution is 2.23. The van der Waals surface area contributed by atoms with Gasteiger partial charge in [0.25, 0.3) is 10.2 Å². The smallest absolute Gasteiger partial charge is 0.282 e. The Hall–Kier alpha value is -0.730. The van der Waals surface area contributed by atoms with Crippen molar-refractivity contribution in [2.24, 2.45) is 0 Å². The number of rotatable bonds is 4. The molecule has 0 amide bonds. The van der Waals surface area contributed by atoms with E-state index in [1.165, 1.54) is 23.5 Å². The minimum Gasteiger partial charge on any atom is -0.314 e. The van der Waals surface area contributed by atoms with E-state index in [9.17, 15) is 12.8 Å². The Kier molecular flexibility index (Phi) is 5.21. The van der Waals surface area contributed by atoms with Gasteiger partial charge in [-0.25, -0.2) is 4.39 Å². The van der Waals surface area contributed by atoms with Crippen LogP contribution in [0.1, 0.15) is 12.5 Å². The summed E-state index contributed by atoms with van der Waals surface area (Å²) < 4.78 is 41.5. The van der Waals surface area contributed by atoms with Gasteiger partial charge in [-0.05, 0) is 19.1 Å². The predicted octanol–water partition coefficient (Wildman–Crippen LogP) is 1.45. The molecule has 1 N–H and O–H groups in total. The van der Waals surface area contributed by atoms with E-state index in [1.54, 1.807) is 6.07 Å². The summed E-state index contributed by atoms with van der Waals surface area (Å²) in [5.41, 5.74) is 0.188. The minimum absolute atomic E-state index is 0.0928. The summed E-state index contributed by atoms with van der Waals surface area (Å²) in [6.45, 7) is 3.36. The molecule has 1 aromatic rings. The van der Waals surface area contributed by atoms with Gasteiger partial charge in [-0.1, -0.05) is 17.7 Å². The summed E-state index contributed by atoms with van der Waals surface area (Å²) in [7, 11) is -2.20. The van der Waals surface area contributed by atoms with Gasteiger partial charge in [0, 0.05) is 49.9 Å². The van der Waals surface area contributed by atoms with Gasteiger partial charge in [0.2, 0.25) is 0 Å². The number of hydrogen-bond acceptors (Lipinski definition) is 3. The molecule has 0 bridgehead atoms. The monoisotopic (exact) mass is 335 g/mol. The topological polar surface area (TPSA) is 52.7 Å². The Bertz CT molecular complexity index is 591. The van der Waals surface area contributed by atoms with E-state index in [-0.39, 0.29) is 23.2 Å². The maximum absolute atomic E-state index is 13.8. The Labute approximate surface area is 129 Å². The molecular formula is C13H19ClFN3O2S. The van der Waals surface area contributed by atoms with E-state index in [1.807, 2.05) is 6.92 Å². The zero-order valence-electron chi connectivity index (χ0n) is 12.0. The Morgan fingerprint density at radius 3 is 2.86 bits per heavy atom. The van der Waals surface area contributed by atoms with Crippen molar-refractivity contribution < 1.29 is 12.8 Å². The summed E-state index contributed by atoms with van der Waals surface area (Å²) in [5, 5.41) is 3.36. The molecule has 0 aliphatic carbocycles. The standard InChI is InChI=1S/C13H19ClFN3O2S/c1-10-8-16-6-7-18(10)21(19,20)17(2)9-11-12(14)4-3-5-13(11)15/h3-5,10,16H,6-9H2,1-2H3/t10-/m1/s1. The van der Waals surface area contributed by atoms with Gasteiger partial charge in [-0.2, -0.15) is 17.0 Å². The first-order valence-corrected chi connectivity index (χ1v) is 8.48. The third-order valence-corrected chi connectivity index (χ3v) is 5.98. The fourth-order valence-corrected chi connectivity index (χ4v) is 4.06. The largest absolute Gasteiger partial charge is 0.314 e. The Morgan fingerprint density at radius 2 is 2.24 bits per heavy atom. The van der Waals surface area contributed by atoms with Crippen molar-refractivity contribution in [1.29, 1.82) is 0 Å². The molecule has 0 spiro atoms. The van der Waals surface area contributed by atoms with Crippen molar-refractivity contribution in [1.82, 2.24) is 13.9 Å². The molecule has 1 atom stereocenters. The normalized spacial score (nSPS) is 20.9. The first-order valence-electron chi connectivity index (χ1n) is 6.70. The Balaban J connectivity index is 2.20. The van der Waals surface area contributed by atoms with Crippen molar-refractivity contribution in [2.45, 2.75) is 19.5 Å². The van der Waals surface area contributed by atoms with Crippen LogP contribution in [0.4, 0.5) is 4.39 Å². The number of hydrogen-bond donors (Lipinski definition) is 1. The molecule has 1 aliphatic rings. The van der Waals surface area contributed by atoms with E-state index in [2.05, 4.69) is 5.32 Å². The quantitative estimate of drug-likeness (QED) is 0.906. The van der Waals surface area contributed by atoms with Gasteiger partial charge in [-0.15, -0.1) is 0 Å². The molecule has 1 fully saturated rings. The third-order valence-electron chi connectivity index (χ3n) is 3.57. The number of benzene rings is 1. The van der Waals surface area contributed by atoms with Crippen molar-refractivity contribution in [2.75, 3.05) is 26.7 Å². The number of nitrogens with zero attached hydrogens (tertiary/aromatic N) is 2. The van der Waals surface area contributed by atoms with Crippen molar-refractivity contribution >= 4 is 21.8 Å². The van der Waals surface area contributed by atoms with E-state index < -0.39 is 16.0 Å². The van der Waals surface area contributed by atoms with Gasteiger partial charge < -0.3 is 5.32 Å². The molecule has 2 rings (SSSR count). The van der Waals surface area contributed by atoms with Crippen LogP contribution in [0, 0.1) is 5.82 Å². The van der Waals surface area contributed by atoms with Gasteiger partial charge >= 0.3 is 0 Å². The highest BCUT2D eigenvalue weighted by atomic mass is 35.5. The van der Waals surface area contributed by atoms with E-state index in [0.717, 1.165) is 4.31 Å².